The summed E-state index contributed by atoms with van der Waals surface area (Å²) in [5.74, 6) is -0.0912. The predicted octanol–water partition coefficient (Wildman–Crippen LogP) is 0.0188. The fourth-order valence-electron chi connectivity index (χ4n) is 1.16. The Balaban J connectivity index is 2.01. The minimum atomic E-state index is -0.291. The molecule has 2 aromatic rings. The Morgan fingerprint density at radius 1 is 1.53 bits per heavy atom. The highest BCUT2D eigenvalue weighted by Gasteiger charge is 2.13. The van der Waals surface area contributed by atoms with Crippen LogP contribution in [0.5, 0.6) is 0 Å². The third kappa shape index (κ3) is 2.01. The van der Waals surface area contributed by atoms with Crippen LogP contribution in [-0.4, -0.2) is 31.3 Å². The molecule has 0 aliphatic heterocycles. The SMILES string of the molecule is CC(NC(=O)c1ncn[nH]1)c1cn[nH]c1. The van der Waals surface area contributed by atoms with E-state index in [0.717, 1.165) is 5.56 Å². The number of hydrogen-bond acceptors (Lipinski definition) is 4. The molecule has 2 rings (SSSR count). The molecule has 0 saturated carbocycles. The van der Waals surface area contributed by atoms with Crippen molar-refractivity contribution in [2.45, 2.75) is 13.0 Å². The average Bonchev–Trinajstić information content (AvgIpc) is 2.91. The number of carbonyl (C=O) groups is 1. The van der Waals surface area contributed by atoms with Crippen molar-refractivity contribution in [2.75, 3.05) is 0 Å². The first-order chi connectivity index (χ1) is 7.27. The van der Waals surface area contributed by atoms with E-state index in [2.05, 4.69) is 30.7 Å². The topological polar surface area (TPSA) is 99.3 Å². The summed E-state index contributed by atoms with van der Waals surface area (Å²) in [5, 5.41) is 15.3. The fraction of sp³-hybridized carbons (Fsp3) is 0.250. The maximum absolute atomic E-state index is 11.5. The molecule has 0 fully saturated rings. The largest absolute Gasteiger partial charge is 0.343 e. The first-order valence-electron chi connectivity index (χ1n) is 4.42. The molecular formula is C8H10N6O. The number of nitrogens with one attached hydrogen (secondary N) is 3. The molecule has 78 valence electrons. The third-order valence-corrected chi connectivity index (χ3v) is 2.00. The Labute approximate surface area is 85.3 Å². The molecule has 0 saturated heterocycles. The zero-order valence-electron chi connectivity index (χ0n) is 8.06. The van der Waals surface area contributed by atoms with Crippen LogP contribution in [0.2, 0.25) is 0 Å². The molecule has 1 unspecified atom stereocenters. The molecule has 2 heterocycles. The zero-order chi connectivity index (χ0) is 10.7. The quantitative estimate of drug-likeness (QED) is 0.659. The maximum atomic E-state index is 11.5. The monoisotopic (exact) mass is 206 g/mol. The molecular weight excluding hydrogens is 196 g/mol. The van der Waals surface area contributed by atoms with Gasteiger partial charge in [0.25, 0.3) is 5.91 Å². The number of aromatic amines is 2. The first-order valence-corrected chi connectivity index (χ1v) is 4.42. The van der Waals surface area contributed by atoms with Crippen molar-refractivity contribution in [3.05, 3.63) is 30.1 Å². The van der Waals surface area contributed by atoms with Crippen LogP contribution in [-0.2, 0) is 0 Å². The fourth-order valence-corrected chi connectivity index (χ4v) is 1.16. The highest BCUT2D eigenvalue weighted by molar-refractivity contribution is 5.90. The van der Waals surface area contributed by atoms with Gasteiger partial charge in [-0.3, -0.25) is 15.0 Å². The molecule has 1 amide bonds. The molecule has 0 aliphatic carbocycles. The molecule has 15 heavy (non-hydrogen) atoms. The normalized spacial score (nSPS) is 12.3. The van der Waals surface area contributed by atoms with Gasteiger partial charge in [0.2, 0.25) is 5.82 Å². The van der Waals surface area contributed by atoms with E-state index < -0.39 is 0 Å². The van der Waals surface area contributed by atoms with E-state index in [1.54, 1.807) is 12.4 Å². The van der Waals surface area contributed by atoms with Crippen molar-refractivity contribution in [2.24, 2.45) is 0 Å². The van der Waals surface area contributed by atoms with E-state index >= 15 is 0 Å². The number of hydrogen-bond donors (Lipinski definition) is 3. The third-order valence-electron chi connectivity index (χ3n) is 2.00. The smallest absolute Gasteiger partial charge is 0.289 e. The molecule has 1 atom stereocenters. The van der Waals surface area contributed by atoms with Gasteiger partial charge in [0.1, 0.15) is 6.33 Å². The van der Waals surface area contributed by atoms with Crippen molar-refractivity contribution in [3.8, 4) is 0 Å². The van der Waals surface area contributed by atoms with Crippen LogP contribution >= 0.6 is 0 Å². The van der Waals surface area contributed by atoms with Crippen molar-refractivity contribution in [1.29, 1.82) is 0 Å². The van der Waals surface area contributed by atoms with Crippen LogP contribution in [0.4, 0.5) is 0 Å². The highest BCUT2D eigenvalue weighted by atomic mass is 16.2. The Hall–Kier alpha value is -2.18. The van der Waals surface area contributed by atoms with Gasteiger partial charge < -0.3 is 5.32 Å². The second-order valence-corrected chi connectivity index (χ2v) is 3.06. The lowest BCUT2D eigenvalue weighted by molar-refractivity contribution is 0.0930. The van der Waals surface area contributed by atoms with Crippen molar-refractivity contribution in [1.82, 2.24) is 30.7 Å². The van der Waals surface area contributed by atoms with Gasteiger partial charge in [-0.15, -0.1) is 0 Å². The van der Waals surface area contributed by atoms with Gasteiger partial charge in [0, 0.05) is 11.8 Å². The van der Waals surface area contributed by atoms with Gasteiger partial charge in [-0.05, 0) is 6.92 Å². The summed E-state index contributed by atoms with van der Waals surface area (Å²) < 4.78 is 0. The van der Waals surface area contributed by atoms with Gasteiger partial charge in [-0.1, -0.05) is 0 Å². The second-order valence-electron chi connectivity index (χ2n) is 3.06. The van der Waals surface area contributed by atoms with Gasteiger partial charge in [0.15, 0.2) is 0 Å². The van der Waals surface area contributed by atoms with E-state index in [-0.39, 0.29) is 17.8 Å². The number of aromatic nitrogens is 5. The summed E-state index contributed by atoms with van der Waals surface area (Å²) in [4.78, 5) is 15.3. The molecule has 7 heteroatoms. The molecule has 0 aliphatic rings. The van der Waals surface area contributed by atoms with Crippen LogP contribution in [0, 0.1) is 0 Å². The van der Waals surface area contributed by atoms with Gasteiger partial charge in [-0.2, -0.15) is 10.2 Å². The first kappa shape index (κ1) is 9.38. The number of amides is 1. The summed E-state index contributed by atoms with van der Waals surface area (Å²) in [6.07, 6.45) is 4.67. The summed E-state index contributed by atoms with van der Waals surface area (Å²) in [6, 6.07) is -0.124. The number of rotatable bonds is 3. The molecule has 2 aromatic heterocycles. The standard InChI is InChI=1S/C8H10N6O/c1-5(6-2-10-11-3-6)13-8(15)7-9-4-12-14-7/h2-5H,1H3,(H,10,11)(H,13,15)(H,9,12,14). The van der Waals surface area contributed by atoms with Crippen LogP contribution in [0.3, 0.4) is 0 Å². The number of carbonyl (C=O) groups excluding carboxylic acids is 1. The minimum absolute atomic E-state index is 0.124. The van der Waals surface area contributed by atoms with Gasteiger partial charge >= 0.3 is 0 Å². The van der Waals surface area contributed by atoms with Crippen molar-refractivity contribution >= 4 is 5.91 Å². The van der Waals surface area contributed by atoms with Crippen LogP contribution in [0.15, 0.2) is 18.7 Å². The van der Waals surface area contributed by atoms with Crippen molar-refractivity contribution in [3.63, 3.8) is 0 Å². The molecule has 7 nitrogen and oxygen atoms in total. The molecule has 0 radical (unpaired) electrons. The molecule has 0 bridgehead atoms. The zero-order valence-corrected chi connectivity index (χ0v) is 8.06. The van der Waals surface area contributed by atoms with E-state index in [0.29, 0.717) is 0 Å². The van der Waals surface area contributed by atoms with Gasteiger partial charge in [0.05, 0.1) is 12.2 Å². The lowest BCUT2D eigenvalue weighted by Gasteiger charge is -2.09. The molecule has 3 N–H and O–H groups in total. The summed E-state index contributed by atoms with van der Waals surface area (Å²) in [6.45, 7) is 1.86. The second kappa shape index (κ2) is 3.91. The molecule has 0 aromatic carbocycles. The Morgan fingerprint density at radius 3 is 3.00 bits per heavy atom. The van der Waals surface area contributed by atoms with E-state index in [1.807, 2.05) is 6.92 Å². The van der Waals surface area contributed by atoms with Crippen molar-refractivity contribution < 1.29 is 4.79 Å². The minimum Gasteiger partial charge on any atom is -0.343 e. The highest BCUT2D eigenvalue weighted by Crippen LogP contribution is 2.09. The van der Waals surface area contributed by atoms with E-state index in [1.165, 1.54) is 6.33 Å². The Kier molecular flexibility index (Phi) is 2.44. The van der Waals surface area contributed by atoms with Crippen LogP contribution < -0.4 is 5.32 Å². The number of nitrogens with zero attached hydrogens (tertiary/aromatic N) is 3. The molecule has 0 spiro atoms. The Bertz CT molecular complexity index is 420. The summed E-state index contributed by atoms with van der Waals surface area (Å²) >= 11 is 0. The van der Waals surface area contributed by atoms with Gasteiger partial charge in [-0.25, -0.2) is 4.98 Å². The summed E-state index contributed by atoms with van der Waals surface area (Å²) in [5.41, 5.74) is 0.905. The maximum Gasteiger partial charge on any atom is 0.289 e. The van der Waals surface area contributed by atoms with E-state index in [9.17, 15) is 4.79 Å². The number of H-pyrrole nitrogens is 2. The average molecular weight is 206 g/mol. The van der Waals surface area contributed by atoms with Crippen LogP contribution in [0.25, 0.3) is 0 Å². The predicted molar refractivity (Wildman–Crippen MR) is 50.9 cm³/mol. The van der Waals surface area contributed by atoms with E-state index in [4.69, 9.17) is 0 Å². The Morgan fingerprint density at radius 2 is 2.40 bits per heavy atom. The lowest BCUT2D eigenvalue weighted by atomic mass is 10.2. The summed E-state index contributed by atoms with van der Waals surface area (Å²) in [7, 11) is 0. The van der Waals surface area contributed by atoms with Crippen LogP contribution in [0.1, 0.15) is 29.1 Å². The lowest BCUT2D eigenvalue weighted by Crippen LogP contribution is -2.27.